The van der Waals surface area contributed by atoms with Gasteiger partial charge in [-0.1, -0.05) is 182 Å². The van der Waals surface area contributed by atoms with Gasteiger partial charge in [0.1, 0.15) is 0 Å². The maximum Gasteiger partial charge on any atom is 0.252 e. The lowest BCUT2D eigenvalue weighted by Crippen LogP contribution is -2.74. The fraction of sp³-hybridized carbons (Fsp3) is 0. The van der Waals surface area contributed by atoms with E-state index in [1.54, 1.807) is 0 Å². The average molecular weight is 1010 g/mol. The molecule has 0 radical (unpaired) electrons. The molecule has 0 amide bonds. The summed E-state index contributed by atoms with van der Waals surface area (Å²) in [6.45, 7) is 0.0156. The molecule has 0 fully saturated rings. The SMILES string of the molecule is c1ccc([Si]2(c3ccccc3)c3cc4c(cc3-c3cc5c(cc32)B2c3ccccc3-n3c6ccccc6c6cc7c8ccccc8n-5c7c2c63)-n2c3ccccc3c3cc5c6ccccc6n6c5c(c32)B4c2ccccc2-6)cc1. The highest BCUT2D eigenvalue weighted by atomic mass is 28.3. The van der Waals surface area contributed by atoms with Crippen LogP contribution >= 0.6 is 0 Å². The Kier molecular flexibility index (Phi) is 6.99. The number of hydrogen-bond acceptors (Lipinski definition) is 0. The highest BCUT2D eigenvalue weighted by Crippen LogP contribution is 2.46. The van der Waals surface area contributed by atoms with Crippen LogP contribution in [-0.2, 0) is 0 Å². The van der Waals surface area contributed by atoms with E-state index in [2.05, 4.69) is 261 Å². The van der Waals surface area contributed by atoms with Gasteiger partial charge in [-0.3, -0.25) is 0 Å². The Labute approximate surface area is 454 Å². The molecule has 0 saturated carbocycles. The molecule has 5 aliphatic heterocycles. The number of fused-ring (bicyclic) bond motifs is 27. The minimum absolute atomic E-state index is 0.00779. The Morgan fingerprint density at radius 2 is 0.570 bits per heavy atom. The molecule has 5 aliphatic rings. The summed E-state index contributed by atoms with van der Waals surface area (Å²) < 4.78 is 10.5. The molecule has 0 spiro atoms. The lowest BCUT2D eigenvalue weighted by Gasteiger charge is -2.36. The Morgan fingerprint density at radius 1 is 0.253 bits per heavy atom. The zero-order valence-corrected chi connectivity index (χ0v) is 43.5. The Hall–Kier alpha value is -9.81. The highest BCUT2D eigenvalue weighted by molar-refractivity contribution is 7.22. The van der Waals surface area contributed by atoms with Gasteiger partial charge in [0.25, 0.3) is 13.4 Å². The lowest BCUT2D eigenvalue weighted by molar-refractivity contribution is 1.17. The van der Waals surface area contributed by atoms with Crippen LogP contribution in [0.15, 0.2) is 243 Å². The van der Waals surface area contributed by atoms with Crippen molar-refractivity contribution in [3.8, 4) is 33.9 Å². The fourth-order valence-corrected chi connectivity index (χ4v) is 22.2. The molecule has 21 rings (SSSR count). The van der Waals surface area contributed by atoms with Crippen LogP contribution in [-0.4, -0.2) is 39.8 Å². The first-order valence-electron chi connectivity index (χ1n) is 27.9. The highest BCUT2D eigenvalue weighted by Gasteiger charge is 2.53. The summed E-state index contributed by atoms with van der Waals surface area (Å²) >= 11 is 0. The molecular weight excluding hydrogens is 971 g/mol. The van der Waals surface area contributed by atoms with E-state index in [-0.39, 0.29) is 13.4 Å². The summed E-state index contributed by atoms with van der Waals surface area (Å²) in [5.41, 5.74) is 26.5. The predicted octanol–water partition coefficient (Wildman–Crippen LogP) is 9.72. The zero-order valence-electron chi connectivity index (χ0n) is 42.5. The molecule has 0 atom stereocenters. The first-order valence-corrected chi connectivity index (χ1v) is 29.9. The van der Waals surface area contributed by atoms with Gasteiger partial charge in [0, 0.05) is 65.8 Å². The molecule has 12 aromatic carbocycles. The molecule has 358 valence electrons. The average Bonchev–Trinajstić information content (AvgIpc) is 3.28. The van der Waals surface area contributed by atoms with Crippen LogP contribution < -0.4 is 53.5 Å². The standard InChI is InChI=1S/C72H40B2N4Si/c1-3-19-41(20-4-1)79(42-21-5-2-6-22-42)65-39-55-63(77-59-31-15-9-25-45(59)51-35-49-43-23-7-13-29-57(43)75-61-33-17-11-27-53(61)73(55)67(69(49)75)71(51)77)37-47(65)48-38-64-56(40-66(48)79)74-54-28-12-18-34-62(54)76-58-30-14-8-24-44(58)50-36-52-46-26-10-16-32-60(46)78(64)72(52)68(74)70(50)76/h1-40H. The van der Waals surface area contributed by atoms with Gasteiger partial charge in [-0.15, -0.1) is 0 Å². The van der Waals surface area contributed by atoms with Crippen molar-refractivity contribution in [3.63, 3.8) is 0 Å². The molecule has 0 aliphatic carbocycles. The van der Waals surface area contributed by atoms with Crippen LogP contribution in [0.4, 0.5) is 0 Å². The first-order chi connectivity index (χ1) is 39.3. The second kappa shape index (κ2) is 13.6. The van der Waals surface area contributed by atoms with Crippen LogP contribution in [0, 0.1) is 0 Å². The maximum absolute atomic E-state index is 3.15. The van der Waals surface area contributed by atoms with Gasteiger partial charge in [-0.2, -0.15) is 0 Å². The van der Waals surface area contributed by atoms with Crippen molar-refractivity contribution in [1.82, 2.24) is 18.3 Å². The molecular formula is C72H40B2N4Si. The van der Waals surface area contributed by atoms with Crippen LogP contribution in [0.5, 0.6) is 0 Å². The molecule has 4 aromatic heterocycles. The molecule has 79 heavy (non-hydrogen) atoms. The minimum atomic E-state index is -3.15. The monoisotopic (exact) mass is 1010 g/mol. The van der Waals surface area contributed by atoms with E-state index in [9.17, 15) is 0 Å². The van der Waals surface area contributed by atoms with E-state index in [4.69, 9.17) is 0 Å². The smallest absolute Gasteiger partial charge is 0.252 e. The van der Waals surface area contributed by atoms with Gasteiger partial charge < -0.3 is 18.3 Å². The van der Waals surface area contributed by atoms with Gasteiger partial charge in [0.2, 0.25) is 0 Å². The summed E-state index contributed by atoms with van der Waals surface area (Å²) in [6.07, 6.45) is 0. The topological polar surface area (TPSA) is 19.7 Å². The van der Waals surface area contributed by atoms with Crippen LogP contribution in [0.2, 0.25) is 0 Å². The van der Waals surface area contributed by atoms with Crippen molar-refractivity contribution < 1.29 is 0 Å². The molecule has 0 N–H and O–H groups in total. The van der Waals surface area contributed by atoms with E-state index in [0.29, 0.717) is 0 Å². The fourth-order valence-electron chi connectivity index (χ4n) is 17.0. The molecule has 0 bridgehead atoms. The maximum atomic E-state index is 2.76. The van der Waals surface area contributed by atoms with Crippen molar-refractivity contribution in [1.29, 1.82) is 0 Å². The first kappa shape index (κ1) is 40.4. The Balaban J connectivity index is 0.956. The van der Waals surface area contributed by atoms with Crippen molar-refractivity contribution >= 4 is 162 Å². The molecule has 0 unspecified atom stereocenters. The van der Waals surface area contributed by atoms with E-state index in [1.165, 1.54) is 175 Å². The number of benzene rings is 12. The normalized spacial score (nSPS) is 14.4. The second-order valence-electron chi connectivity index (χ2n) is 23.0. The molecule has 9 heterocycles. The van der Waals surface area contributed by atoms with E-state index >= 15 is 0 Å². The van der Waals surface area contributed by atoms with Crippen LogP contribution in [0.3, 0.4) is 0 Å². The Morgan fingerprint density at radius 3 is 0.949 bits per heavy atom. The molecule has 16 aromatic rings. The molecule has 0 saturated heterocycles. The predicted molar refractivity (Wildman–Crippen MR) is 336 cm³/mol. The van der Waals surface area contributed by atoms with Crippen molar-refractivity contribution in [2.75, 3.05) is 0 Å². The summed E-state index contributed by atoms with van der Waals surface area (Å²) in [5.74, 6) is 0. The van der Waals surface area contributed by atoms with E-state index < -0.39 is 8.07 Å². The van der Waals surface area contributed by atoms with E-state index in [1.807, 2.05) is 0 Å². The summed E-state index contributed by atoms with van der Waals surface area (Å²) in [5, 5.41) is 16.3. The van der Waals surface area contributed by atoms with Gasteiger partial charge in [-0.05, 0) is 125 Å². The number of nitrogens with zero attached hydrogens (tertiary/aromatic N) is 4. The summed E-state index contributed by atoms with van der Waals surface area (Å²) in [4.78, 5) is 0. The third-order valence-corrected chi connectivity index (χ3v) is 24.6. The minimum Gasteiger partial charge on any atom is -0.310 e. The van der Waals surface area contributed by atoms with Crippen molar-refractivity contribution in [2.45, 2.75) is 0 Å². The lowest BCUT2D eigenvalue weighted by atomic mass is 9.34. The van der Waals surface area contributed by atoms with Gasteiger partial charge in [0.15, 0.2) is 8.07 Å². The second-order valence-corrected chi connectivity index (χ2v) is 26.7. The van der Waals surface area contributed by atoms with Gasteiger partial charge in [-0.25, -0.2) is 0 Å². The van der Waals surface area contributed by atoms with Crippen LogP contribution in [0.1, 0.15) is 0 Å². The summed E-state index contributed by atoms with van der Waals surface area (Å²) in [6, 6.07) is 94.5. The summed E-state index contributed by atoms with van der Waals surface area (Å²) in [7, 11) is -3.15. The Bertz CT molecular complexity index is 5240. The van der Waals surface area contributed by atoms with Gasteiger partial charge >= 0.3 is 0 Å². The van der Waals surface area contributed by atoms with Crippen LogP contribution in [0.25, 0.3) is 121 Å². The number of aromatic nitrogens is 4. The van der Waals surface area contributed by atoms with E-state index in [0.717, 1.165) is 0 Å². The quantitative estimate of drug-likeness (QED) is 0.154. The molecule has 7 heteroatoms. The molecule has 4 nitrogen and oxygen atoms in total. The third-order valence-electron chi connectivity index (χ3n) is 19.8. The van der Waals surface area contributed by atoms with Crippen molar-refractivity contribution in [3.05, 3.63) is 243 Å². The number of para-hydroxylation sites is 6. The van der Waals surface area contributed by atoms with Crippen molar-refractivity contribution in [2.24, 2.45) is 0 Å². The zero-order chi connectivity index (χ0) is 50.7. The largest absolute Gasteiger partial charge is 0.310 e. The third kappa shape index (κ3) is 4.41. The number of hydrogen-bond donors (Lipinski definition) is 0. The number of rotatable bonds is 2. The van der Waals surface area contributed by atoms with Gasteiger partial charge in [0.05, 0.1) is 44.1 Å².